The Bertz CT molecular complexity index is 499. The first kappa shape index (κ1) is 11.7. The molecule has 2 rings (SSSR count). The van der Waals surface area contributed by atoms with Crippen LogP contribution in [-0.4, -0.2) is 12.0 Å². The molecule has 4 heteroatoms. The van der Waals surface area contributed by atoms with Gasteiger partial charge in [0.05, 0.1) is 11.4 Å². The first-order chi connectivity index (χ1) is 8.16. The van der Waals surface area contributed by atoms with Crippen molar-refractivity contribution in [2.75, 3.05) is 17.7 Å². The summed E-state index contributed by atoms with van der Waals surface area (Å²) >= 11 is 5.97. The van der Waals surface area contributed by atoms with Crippen molar-refractivity contribution in [3.8, 4) is 0 Å². The highest BCUT2D eigenvalue weighted by atomic mass is 35.5. The van der Waals surface area contributed by atoms with E-state index in [9.17, 15) is 0 Å². The molecule has 0 aliphatic rings. The minimum atomic E-state index is 0.691. The lowest BCUT2D eigenvalue weighted by atomic mass is 10.2. The summed E-state index contributed by atoms with van der Waals surface area (Å²) in [5.41, 5.74) is 8.78. The predicted octanol–water partition coefficient (Wildman–Crippen LogP) is 2.95. The van der Waals surface area contributed by atoms with Crippen molar-refractivity contribution in [3.63, 3.8) is 0 Å². The van der Waals surface area contributed by atoms with Crippen LogP contribution >= 0.6 is 11.6 Å². The molecule has 0 fully saturated rings. The van der Waals surface area contributed by atoms with Gasteiger partial charge in [-0.3, -0.25) is 4.98 Å². The average Bonchev–Trinajstić information content (AvgIpc) is 2.33. The maximum absolute atomic E-state index is 5.97. The molecule has 1 heterocycles. The minimum absolute atomic E-state index is 0.691. The molecule has 2 N–H and O–H groups in total. The van der Waals surface area contributed by atoms with Crippen LogP contribution in [-0.2, 0) is 6.54 Å². The Hall–Kier alpha value is -1.74. The molecular weight excluding hydrogens is 234 g/mol. The number of aromatic nitrogens is 1. The van der Waals surface area contributed by atoms with E-state index in [2.05, 4.69) is 9.88 Å². The third-order valence-corrected chi connectivity index (χ3v) is 2.81. The van der Waals surface area contributed by atoms with Gasteiger partial charge in [-0.25, -0.2) is 0 Å². The summed E-state index contributed by atoms with van der Waals surface area (Å²) in [5.74, 6) is 0. The molecule has 1 aromatic heterocycles. The van der Waals surface area contributed by atoms with Gasteiger partial charge in [0.2, 0.25) is 0 Å². The number of anilines is 2. The Balaban J connectivity index is 2.20. The van der Waals surface area contributed by atoms with Crippen molar-refractivity contribution in [1.29, 1.82) is 0 Å². The largest absolute Gasteiger partial charge is 0.397 e. The van der Waals surface area contributed by atoms with Gasteiger partial charge in [-0.2, -0.15) is 0 Å². The van der Waals surface area contributed by atoms with Crippen molar-refractivity contribution >= 4 is 23.0 Å². The number of nitrogens with zero attached hydrogens (tertiary/aromatic N) is 2. The highest BCUT2D eigenvalue weighted by molar-refractivity contribution is 6.31. The zero-order valence-corrected chi connectivity index (χ0v) is 10.4. The van der Waals surface area contributed by atoms with E-state index >= 15 is 0 Å². The van der Waals surface area contributed by atoms with Crippen LogP contribution in [0.5, 0.6) is 0 Å². The molecule has 88 valence electrons. The van der Waals surface area contributed by atoms with Gasteiger partial charge in [0.15, 0.2) is 0 Å². The number of nitrogens with two attached hydrogens (primary N) is 1. The third kappa shape index (κ3) is 2.88. The topological polar surface area (TPSA) is 42.2 Å². The molecule has 0 aliphatic heterocycles. The van der Waals surface area contributed by atoms with Crippen LogP contribution in [0.25, 0.3) is 0 Å². The first-order valence-electron chi connectivity index (χ1n) is 5.32. The Kier molecular flexibility index (Phi) is 3.49. The summed E-state index contributed by atoms with van der Waals surface area (Å²) in [4.78, 5) is 6.06. The predicted molar refractivity (Wildman–Crippen MR) is 72.2 cm³/mol. The molecule has 0 saturated carbocycles. The number of pyridine rings is 1. The van der Waals surface area contributed by atoms with E-state index in [1.165, 1.54) is 5.56 Å². The molecular formula is C13H14ClN3. The summed E-state index contributed by atoms with van der Waals surface area (Å²) in [6.45, 7) is 0.771. The van der Waals surface area contributed by atoms with E-state index in [0.29, 0.717) is 5.02 Å². The van der Waals surface area contributed by atoms with Crippen molar-refractivity contribution in [1.82, 2.24) is 4.98 Å². The lowest BCUT2D eigenvalue weighted by molar-refractivity contribution is 0.921. The molecule has 0 unspecified atom stereocenters. The summed E-state index contributed by atoms with van der Waals surface area (Å²) in [5, 5.41) is 0.691. The standard InChI is InChI=1S/C13H14ClN3/c1-17(9-10-4-6-16-7-5-10)13-8-11(14)2-3-12(13)15/h2-8H,9,15H2,1H3. The van der Waals surface area contributed by atoms with Crippen LogP contribution in [0.1, 0.15) is 5.56 Å². The van der Waals surface area contributed by atoms with E-state index < -0.39 is 0 Å². The Morgan fingerprint density at radius 1 is 1.24 bits per heavy atom. The maximum Gasteiger partial charge on any atom is 0.0615 e. The molecule has 0 amide bonds. The van der Waals surface area contributed by atoms with Crippen molar-refractivity contribution in [2.45, 2.75) is 6.54 Å². The summed E-state index contributed by atoms with van der Waals surface area (Å²) in [6, 6.07) is 9.45. The van der Waals surface area contributed by atoms with Crippen LogP contribution in [0.2, 0.25) is 5.02 Å². The molecule has 0 aliphatic carbocycles. The van der Waals surface area contributed by atoms with Gasteiger partial charge in [0.1, 0.15) is 0 Å². The highest BCUT2D eigenvalue weighted by Crippen LogP contribution is 2.26. The quantitative estimate of drug-likeness (QED) is 0.848. The lowest BCUT2D eigenvalue weighted by Gasteiger charge is -2.21. The van der Waals surface area contributed by atoms with Crippen molar-refractivity contribution in [3.05, 3.63) is 53.3 Å². The van der Waals surface area contributed by atoms with Crippen LogP contribution in [0.4, 0.5) is 11.4 Å². The van der Waals surface area contributed by atoms with Gasteiger partial charge in [0.25, 0.3) is 0 Å². The Morgan fingerprint density at radius 3 is 2.65 bits per heavy atom. The SMILES string of the molecule is CN(Cc1ccncc1)c1cc(Cl)ccc1N. The normalized spacial score (nSPS) is 10.2. The average molecular weight is 248 g/mol. The summed E-state index contributed by atoms with van der Waals surface area (Å²) in [6.07, 6.45) is 3.56. The second kappa shape index (κ2) is 5.06. The van der Waals surface area contributed by atoms with Gasteiger partial charge in [-0.1, -0.05) is 11.6 Å². The van der Waals surface area contributed by atoms with Crippen molar-refractivity contribution in [2.24, 2.45) is 0 Å². The molecule has 0 saturated heterocycles. The fraction of sp³-hybridized carbons (Fsp3) is 0.154. The second-order valence-corrected chi connectivity index (χ2v) is 4.35. The highest BCUT2D eigenvalue weighted by Gasteiger charge is 2.06. The molecule has 1 aromatic carbocycles. The number of rotatable bonds is 3. The van der Waals surface area contributed by atoms with Gasteiger partial charge >= 0.3 is 0 Å². The van der Waals surface area contributed by atoms with Crippen LogP contribution in [0, 0.1) is 0 Å². The first-order valence-corrected chi connectivity index (χ1v) is 5.69. The summed E-state index contributed by atoms with van der Waals surface area (Å²) in [7, 11) is 1.99. The van der Waals surface area contributed by atoms with E-state index in [4.69, 9.17) is 17.3 Å². The van der Waals surface area contributed by atoms with Crippen molar-refractivity contribution < 1.29 is 0 Å². The molecule has 0 spiro atoms. The number of hydrogen-bond donors (Lipinski definition) is 1. The van der Waals surface area contributed by atoms with Crippen LogP contribution in [0.3, 0.4) is 0 Å². The molecule has 0 atom stereocenters. The molecule has 0 radical (unpaired) electrons. The zero-order valence-electron chi connectivity index (χ0n) is 9.60. The molecule has 3 nitrogen and oxygen atoms in total. The molecule has 2 aromatic rings. The fourth-order valence-electron chi connectivity index (χ4n) is 1.69. The smallest absolute Gasteiger partial charge is 0.0615 e. The van der Waals surface area contributed by atoms with E-state index in [-0.39, 0.29) is 0 Å². The van der Waals surface area contributed by atoms with Crippen LogP contribution < -0.4 is 10.6 Å². The third-order valence-electron chi connectivity index (χ3n) is 2.57. The van der Waals surface area contributed by atoms with Gasteiger partial charge in [0, 0.05) is 31.0 Å². The van der Waals surface area contributed by atoms with E-state index in [1.807, 2.05) is 31.3 Å². The lowest BCUT2D eigenvalue weighted by Crippen LogP contribution is -2.17. The van der Waals surface area contributed by atoms with Gasteiger partial charge in [-0.15, -0.1) is 0 Å². The fourth-order valence-corrected chi connectivity index (χ4v) is 1.86. The van der Waals surface area contributed by atoms with E-state index in [1.54, 1.807) is 18.5 Å². The molecule has 0 bridgehead atoms. The number of halogens is 1. The zero-order chi connectivity index (χ0) is 12.3. The monoisotopic (exact) mass is 247 g/mol. The number of benzene rings is 1. The van der Waals surface area contributed by atoms with Crippen LogP contribution in [0.15, 0.2) is 42.7 Å². The Morgan fingerprint density at radius 2 is 1.94 bits per heavy atom. The number of hydrogen-bond acceptors (Lipinski definition) is 3. The number of nitrogen functional groups attached to an aromatic ring is 1. The van der Waals surface area contributed by atoms with Gasteiger partial charge < -0.3 is 10.6 Å². The second-order valence-electron chi connectivity index (χ2n) is 3.91. The Labute approximate surface area is 106 Å². The maximum atomic E-state index is 5.97. The minimum Gasteiger partial charge on any atom is -0.397 e. The molecule has 17 heavy (non-hydrogen) atoms. The van der Waals surface area contributed by atoms with E-state index in [0.717, 1.165) is 17.9 Å². The summed E-state index contributed by atoms with van der Waals surface area (Å²) < 4.78 is 0. The van der Waals surface area contributed by atoms with Gasteiger partial charge in [-0.05, 0) is 35.9 Å².